The van der Waals surface area contributed by atoms with Crippen molar-refractivity contribution >= 4 is 49.1 Å². The minimum atomic E-state index is -0.000871. The predicted octanol–water partition coefficient (Wildman–Crippen LogP) is 4.44. The molecule has 0 fully saturated rings. The number of carbonyl (C=O) groups is 1. The molecule has 0 saturated heterocycles. The molecule has 5 heteroatoms. The molecule has 0 aliphatic heterocycles. The van der Waals surface area contributed by atoms with E-state index in [9.17, 15) is 4.79 Å². The molecule has 1 atom stereocenters. The van der Waals surface area contributed by atoms with Crippen molar-refractivity contribution in [2.45, 2.75) is 32.0 Å². The highest BCUT2D eigenvalue weighted by Crippen LogP contribution is 2.25. The molecular formula is C12H17Br2NOS. The van der Waals surface area contributed by atoms with E-state index in [1.807, 2.05) is 12.1 Å². The Kier molecular flexibility index (Phi) is 5.67. The van der Waals surface area contributed by atoms with E-state index in [0.29, 0.717) is 11.4 Å². The molecule has 1 amide bonds. The van der Waals surface area contributed by atoms with E-state index in [4.69, 9.17) is 0 Å². The molecule has 1 unspecified atom stereocenters. The van der Waals surface area contributed by atoms with Crippen LogP contribution in [0.4, 0.5) is 0 Å². The van der Waals surface area contributed by atoms with Crippen LogP contribution in [-0.2, 0) is 0 Å². The molecule has 0 aliphatic carbocycles. The summed E-state index contributed by atoms with van der Waals surface area (Å²) < 4.78 is 0.979. The fraction of sp³-hybridized carbons (Fsp3) is 0.583. The Labute approximate surface area is 123 Å². The molecule has 0 saturated carbocycles. The monoisotopic (exact) mass is 381 g/mol. The molecule has 2 nitrogen and oxygen atoms in total. The lowest BCUT2D eigenvalue weighted by Gasteiger charge is -2.22. The summed E-state index contributed by atoms with van der Waals surface area (Å²) in [6, 6.07) is 3.72. The van der Waals surface area contributed by atoms with Crippen LogP contribution in [-0.4, -0.2) is 17.3 Å². The second-order valence-electron chi connectivity index (χ2n) is 5.18. The number of amides is 1. The van der Waals surface area contributed by atoms with E-state index in [1.165, 1.54) is 11.3 Å². The minimum Gasteiger partial charge on any atom is -0.350 e. The summed E-state index contributed by atoms with van der Waals surface area (Å²) in [4.78, 5) is 12.8. The van der Waals surface area contributed by atoms with E-state index >= 15 is 0 Å². The van der Waals surface area contributed by atoms with Gasteiger partial charge in [-0.1, -0.05) is 36.7 Å². The van der Waals surface area contributed by atoms with Gasteiger partial charge in [0.05, 0.1) is 8.66 Å². The fourth-order valence-corrected chi connectivity index (χ4v) is 3.90. The molecule has 0 aromatic carbocycles. The third kappa shape index (κ3) is 6.02. The van der Waals surface area contributed by atoms with Crippen LogP contribution in [0.5, 0.6) is 0 Å². The highest BCUT2D eigenvalue weighted by Gasteiger charge is 2.17. The van der Waals surface area contributed by atoms with E-state index in [1.54, 1.807) is 0 Å². The van der Waals surface area contributed by atoms with Crippen LogP contribution in [0.15, 0.2) is 15.9 Å². The SMILES string of the molecule is CC(C)(C)CC(Br)CNC(=O)c1ccc(Br)s1. The predicted molar refractivity (Wildman–Crippen MR) is 81.1 cm³/mol. The average Bonchev–Trinajstić information content (AvgIpc) is 2.58. The standard InChI is InChI=1S/C12H17Br2NOS/c1-12(2,3)6-8(13)7-15-11(16)9-4-5-10(14)17-9/h4-5,8H,6-7H2,1-3H3,(H,15,16). The van der Waals surface area contributed by atoms with Gasteiger partial charge >= 0.3 is 0 Å². The normalized spacial score (nSPS) is 13.5. The van der Waals surface area contributed by atoms with Crippen molar-refractivity contribution in [2.75, 3.05) is 6.54 Å². The first-order valence-electron chi connectivity index (χ1n) is 5.45. The number of halogens is 2. The van der Waals surface area contributed by atoms with Crippen molar-refractivity contribution in [1.82, 2.24) is 5.32 Å². The Hall–Kier alpha value is 0.130. The van der Waals surface area contributed by atoms with Gasteiger partial charge in [0, 0.05) is 11.4 Å². The number of rotatable bonds is 4. The van der Waals surface area contributed by atoms with Gasteiger partial charge in [0.1, 0.15) is 0 Å². The van der Waals surface area contributed by atoms with Gasteiger partial charge in [0.15, 0.2) is 0 Å². The number of alkyl halides is 1. The number of hydrogen-bond acceptors (Lipinski definition) is 2. The number of carbonyl (C=O) groups excluding carboxylic acids is 1. The summed E-state index contributed by atoms with van der Waals surface area (Å²) >= 11 is 8.40. The van der Waals surface area contributed by atoms with Crippen LogP contribution >= 0.6 is 43.2 Å². The van der Waals surface area contributed by atoms with Gasteiger partial charge in [-0.3, -0.25) is 4.79 Å². The maximum absolute atomic E-state index is 11.8. The lowest BCUT2D eigenvalue weighted by molar-refractivity contribution is 0.0956. The molecule has 1 aromatic rings. The van der Waals surface area contributed by atoms with Gasteiger partial charge in [0.2, 0.25) is 0 Å². The zero-order chi connectivity index (χ0) is 13.1. The molecule has 0 bridgehead atoms. The maximum atomic E-state index is 11.8. The average molecular weight is 383 g/mol. The van der Waals surface area contributed by atoms with Gasteiger partial charge < -0.3 is 5.32 Å². The highest BCUT2D eigenvalue weighted by molar-refractivity contribution is 9.11. The summed E-state index contributed by atoms with van der Waals surface area (Å²) in [6.45, 7) is 7.24. The van der Waals surface area contributed by atoms with Crippen LogP contribution in [0.2, 0.25) is 0 Å². The summed E-state index contributed by atoms with van der Waals surface area (Å²) in [7, 11) is 0. The van der Waals surface area contributed by atoms with Crippen LogP contribution in [0.3, 0.4) is 0 Å². The number of hydrogen-bond donors (Lipinski definition) is 1. The van der Waals surface area contributed by atoms with Gasteiger partial charge in [-0.25, -0.2) is 0 Å². The second-order valence-corrected chi connectivity index (χ2v) is 8.93. The second kappa shape index (κ2) is 6.34. The molecule has 1 rings (SSSR count). The molecule has 1 aromatic heterocycles. The summed E-state index contributed by atoms with van der Waals surface area (Å²) in [5.41, 5.74) is 0.269. The zero-order valence-electron chi connectivity index (χ0n) is 10.2. The zero-order valence-corrected chi connectivity index (χ0v) is 14.2. The van der Waals surface area contributed by atoms with Crippen molar-refractivity contribution in [3.05, 3.63) is 20.8 Å². The van der Waals surface area contributed by atoms with Gasteiger partial charge in [-0.05, 0) is 39.9 Å². The van der Waals surface area contributed by atoms with Gasteiger partial charge in [-0.2, -0.15) is 0 Å². The third-order valence-corrected chi connectivity index (χ3v) is 4.38. The molecule has 0 spiro atoms. The lowest BCUT2D eigenvalue weighted by Crippen LogP contribution is -2.30. The van der Waals surface area contributed by atoms with Crippen molar-refractivity contribution in [2.24, 2.45) is 5.41 Å². The molecule has 17 heavy (non-hydrogen) atoms. The van der Waals surface area contributed by atoms with Crippen LogP contribution < -0.4 is 5.32 Å². The molecule has 96 valence electrons. The van der Waals surface area contributed by atoms with E-state index in [0.717, 1.165) is 15.1 Å². The Bertz CT molecular complexity index is 384. The first-order chi connectivity index (χ1) is 7.78. The summed E-state index contributed by atoms with van der Waals surface area (Å²) in [5.74, 6) is -0.000871. The fourth-order valence-electron chi connectivity index (χ4n) is 1.46. The van der Waals surface area contributed by atoms with Crippen molar-refractivity contribution < 1.29 is 4.79 Å². The third-order valence-electron chi connectivity index (χ3n) is 2.11. The Morgan fingerprint density at radius 3 is 2.59 bits per heavy atom. The minimum absolute atomic E-state index is 0.000871. The maximum Gasteiger partial charge on any atom is 0.261 e. The Morgan fingerprint density at radius 1 is 1.47 bits per heavy atom. The molecule has 1 N–H and O–H groups in total. The number of nitrogens with one attached hydrogen (secondary N) is 1. The topological polar surface area (TPSA) is 29.1 Å². The summed E-state index contributed by atoms with van der Waals surface area (Å²) in [5, 5.41) is 2.94. The first-order valence-corrected chi connectivity index (χ1v) is 7.98. The van der Waals surface area contributed by atoms with E-state index in [-0.39, 0.29) is 11.3 Å². The molecule has 0 aliphatic rings. The molecule has 0 radical (unpaired) electrons. The van der Waals surface area contributed by atoms with Gasteiger partial charge in [0.25, 0.3) is 5.91 Å². The van der Waals surface area contributed by atoms with E-state index < -0.39 is 0 Å². The van der Waals surface area contributed by atoms with Crippen molar-refractivity contribution in [3.63, 3.8) is 0 Å². The largest absolute Gasteiger partial charge is 0.350 e. The lowest BCUT2D eigenvalue weighted by atomic mass is 9.90. The Balaban J connectivity index is 2.38. The molecule has 1 heterocycles. The number of thiophene rings is 1. The van der Waals surface area contributed by atoms with Crippen molar-refractivity contribution in [1.29, 1.82) is 0 Å². The quantitative estimate of drug-likeness (QED) is 0.766. The smallest absolute Gasteiger partial charge is 0.261 e. The highest BCUT2D eigenvalue weighted by atomic mass is 79.9. The Morgan fingerprint density at radius 2 is 2.12 bits per heavy atom. The summed E-state index contributed by atoms with van der Waals surface area (Å²) in [6.07, 6.45) is 1.03. The van der Waals surface area contributed by atoms with Gasteiger partial charge in [-0.15, -0.1) is 11.3 Å². The van der Waals surface area contributed by atoms with Crippen LogP contribution in [0.25, 0.3) is 0 Å². The van der Waals surface area contributed by atoms with Crippen LogP contribution in [0, 0.1) is 5.41 Å². The first kappa shape index (κ1) is 15.2. The molecular weight excluding hydrogens is 366 g/mol. The van der Waals surface area contributed by atoms with Crippen LogP contribution in [0.1, 0.15) is 36.9 Å². The van der Waals surface area contributed by atoms with E-state index in [2.05, 4.69) is 57.9 Å². The van der Waals surface area contributed by atoms with Crippen molar-refractivity contribution in [3.8, 4) is 0 Å².